The van der Waals surface area contributed by atoms with Gasteiger partial charge < -0.3 is 10.3 Å². The molecule has 2 rings (SSSR count). The molecule has 0 saturated heterocycles. The van der Waals surface area contributed by atoms with Crippen molar-refractivity contribution in [2.45, 2.75) is 19.9 Å². The molecule has 0 bridgehead atoms. The number of imidazole rings is 1. The van der Waals surface area contributed by atoms with Crippen LogP contribution in [-0.2, 0) is 6.54 Å². The highest BCUT2D eigenvalue weighted by Gasteiger charge is 2.00. The van der Waals surface area contributed by atoms with Crippen LogP contribution < -0.4 is 5.32 Å². The Kier molecular flexibility index (Phi) is 3.18. The summed E-state index contributed by atoms with van der Waals surface area (Å²) >= 11 is 0. The number of benzene rings is 1. The van der Waals surface area contributed by atoms with Gasteiger partial charge in [-0.15, -0.1) is 0 Å². The van der Waals surface area contributed by atoms with Crippen LogP contribution in [-0.4, -0.2) is 16.5 Å². The van der Waals surface area contributed by atoms with E-state index in [0.717, 1.165) is 29.9 Å². The number of aryl methyl sites for hydroxylation is 1. The predicted molar refractivity (Wildman–Crippen MR) is 62.8 cm³/mol. The zero-order valence-electron chi connectivity index (χ0n) is 9.25. The Morgan fingerprint density at radius 1 is 1.50 bits per heavy atom. The first-order chi connectivity index (χ1) is 7.79. The number of nitrogens with zero attached hydrogens (tertiary/aromatic N) is 2. The fourth-order valence-electron chi connectivity index (χ4n) is 1.67. The second-order valence-corrected chi connectivity index (χ2v) is 3.76. The molecule has 82 valence electrons. The van der Waals surface area contributed by atoms with E-state index in [1.807, 2.05) is 13.0 Å². The number of nitrogens with one attached hydrogen (secondary N) is 2. The monoisotopic (exact) mass is 214 g/mol. The molecule has 0 aliphatic rings. The summed E-state index contributed by atoms with van der Waals surface area (Å²) < 4.78 is 0. The van der Waals surface area contributed by atoms with Crippen molar-refractivity contribution in [3.63, 3.8) is 0 Å². The second-order valence-electron chi connectivity index (χ2n) is 3.76. The van der Waals surface area contributed by atoms with E-state index < -0.39 is 0 Å². The third kappa shape index (κ3) is 2.38. The van der Waals surface area contributed by atoms with Gasteiger partial charge >= 0.3 is 0 Å². The van der Waals surface area contributed by atoms with Gasteiger partial charge in [0.15, 0.2) is 0 Å². The first-order valence-corrected chi connectivity index (χ1v) is 5.32. The van der Waals surface area contributed by atoms with Gasteiger partial charge in [-0.1, -0.05) is 6.07 Å². The summed E-state index contributed by atoms with van der Waals surface area (Å²) in [7, 11) is 0. The summed E-state index contributed by atoms with van der Waals surface area (Å²) in [6.07, 6.45) is 0.547. The van der Waals surface area contributed by atoms with Crippen LogP contribution in [0.3, 0.4) is 0 Å². The second kappa shape index (κ2) is 4.77. The number of rotatable bonds is 4. The number of nitriles is 1. The Morgan fingerprint density at radius 3 is 3.19 bits per heavy atom. The largest absolute Gasteiger partial charge is 0.342 e. The van der Waals surface area contributed by atoms with Crippen molar-refractivity contribution >= 4 is 11.0 Å². The molecular weight excluding hydrogens is 200 g/mol. The molecule has 0 aliphatic carbocycles. The van der Waals surface area contributed by atoms with Gasteiger partial charge in [-0.3, -0.25) is 0 Å². The number of hydrogen-bond acceptors (Lipinski definition) is 3. The van der Waals surface area contributed by atoms with E-state index in [4.69, 9.17) is 5.26 Å². The van der Waals surface area contributed by atoms with Crippen LogP contribution >= 0.6 is 0 Å². The minimum atomic E-state index is 0.547. The maximum atomic E-state index is 8.40. The van der Waals surface area contributed by atoms with Crippen LogP contribution in [0.5, 0.6) is 0 Å². The lowest BCUT2D eigenvalue weighted by Crippen LogP contribution is -2.13. The van der Waals surface area contributed by atoms with E-state index in [1.54, 1.807) is 0 Å². The zero-order chi connectivity index (χ0) is 11.4. The molecule has 0 unspecified atom stereocenters. The van der Waals surface area contributed by atoms with Crippen molar-refractivity contribution < 1.29 is 0 Å². The third-order valence-electron chi connectivity index (χ3n) is 2.41. The van der Waals surface area contributed by atoms with E-state index in [2.05, 4.69) is 33.5 Å². The van der Waals surface area contributed by atoms with Gasteiger partial charge in [0.05, 0.1) is 17.1 Å². The molecule has 0 saturated carbocycles. The molecule has 4 heteroatoms. The van der Waals surface area contributed by atoms with E-state index in [-0.39, 0.29) is 0 Å². The smallest absolute Gasteiger partial charge is 0.104 e. The van der Waals surface area contributed by atoms with E-state index >= 15 is 0 Å². The Morgan fingerprint density at radius 2 is 2.38 bits per heavy atom. The Labute approximate surface area is 94.3 Å². The Bertz CT molecular complexity index is 521. The Hall–Kier alpha value is -1.86. The minimum absolute atomic E-state index is 0.547. The van der Waals surface area contributed by atoms with Gasteiger partial charge in [-0.2, -0.15) is 5.26 Å². The number of aromatic amines is 1. The molecule has 0 spiro atoms. The molecule has 16 heavy (non-hydrogen) atoms. The quantitative estimate of drug-likeness (QED) is 0.764. The summed E-state index contributed by atoms with van der Waals surface area (Å²) in [6, 6.07) is 8.27. The zero-order valence-corrected chi connectivity index (χ0v) is 9.25. The fraction of sp³-hybridized carbons (Fsp3) is 0.333. The molecule has 0 fully saturated rings. The molecule has 0 atom stereocenters. The van der Waals surface area contributed by atoms with Crippen LogP contribution in [0.15, 0.2) is 18.2 Å². The molecular formula is C12H14N4. The lowest BCUT2D eigenvalue weighted by Gasteiger charge is -2.02. The van der Waals surface area contributed by atoms with Crippen molar-refractivity contribution in [2.75, 3.05) is 6.54 Å². The number of hydrogen-bond donors (Lipinski definition) is 2. The van der Waals surface area contributed by atoms with Crippen molar-refractivity contribution in [1.82, 2.24) is 15.3 Å². The molecule has 0 amide bonds. The summed E-state index contributed by atoms with van der Waals surface area (Å²) in [5, 5.41) is 11.6. The van der Waals surface area contributed by atoms with E-state index in [1.165, 1.54) is 5.56 Å². The standard InChI is InChI=1S/C12H14N4/c1-9-15-11-4-3-10(7-12(11)16-9)8-14-6-2-5-13/h3-4,7,14H,2,6,8H2,1H3,(H,15,16). The average molecular weight is 214 g/mol. The maximum Gasteiger partial charge on any atom is 0.104 e. The lowest BCUT2D eigenvalue weighted by molar-refractivity contribution is 0.699. The summed E-state index contributed by atoms with van der Waals surface area (Å²) in [4.78, 5) is 7.55. The number of fused-ring (bicyclic) bond motifs is 1. The predicted octanol–water partition coefficient (Wildman–Crippen LogP) is 1.87. The molecule has 0 aliphatic heterocycles. The highest BCUT2D eigenvalue weighted by Crippen LogP contribution is 2.13. The molecule has 2 aromatic rings. The van der Waals surface area contributed by atoms with E-state index in [9.17, 15) is 0 Å². The van der Waals surface area contributed by atoms with Gasteiger partial charge in [0.1, 0.15) is 5.82 Å². The first-order valence-electron chi connectivity index (χ1n) is 5.32. The minimum Gasteiger partial charge on any atom is -0.342 e. The summed E-state index contributed by atoms with van der Waals surface area (Å²) in [6.45, 7) is 3.47. The van der Waals surface area contributed by atoms with Gasteiger partial charge in [0.2, 0.25) is 0 Å². The molecule has 4 nitrogen and oxygen atoms in total. The number of H-pyrrole nitrogens is 1. The van der Waals surface area contributed by atoms with Gasteiger partial charge in [0.25, 0.3) is 0 Å². The molecule has 1 aromatic heterocycles. The van der Waals surface area contributed by atoms with E-state index in [0.29, 0.717) is 6.42 Å². The van der Waals surface area contributed by atoms with Crippen molar-refractivity contribution in [1.29, 1.82) is 5.26 Å². The average Bonchev–Trinajstić information content (AvgIpc) is 2.64. The van der Waals surface area contributed by atoms with Gasteiger partial charge in [-0.05, 0) is 24.6 Å². The van der Waals surface area contributed by atoms with Crippen LogP contribution in [0.4, 0.5) is 0 Å². The van der Waals surface area contributed by atoms with Crippen LogP contribution in [0, 0.1) is 18.3 Å². The van der Waals surface area contributed by atoms with Crippen LogP contribution in [0.1, 0.15) is 17.8 Å². The molecule has 1 heterocycles. The van der Waals surface area contributed by atoms with Crippen molar-refractivity contribution in [2.24, 2.45) is 0 Å². The number of aromatic nitrogens is 2. The normalized spacial score (nSPS) is 10.5. The summed E-state index contributed by atoms with van der Waals surface area (Å²) in [5.74, 6) is 0.935. The topological polar surface area (TPSA) is 64.5 Å². The highest BCUT2D eigenvalue weighted by atomic mass is 14.9. The van der Waals surface area contributed by atoms with Gasteiger partial charge in [0, 0.05) is 19.5 Å². The summed E-state index contributed by atoms with van der Waals surface area (Å²) in [5.41, 5.74) is 3.27. The highest BCUT2D eigenvalue weighted by molar-refractivity contribution is 5.75. The lowest BCUT2D eigenvalue weighted by atomic mass is 10.2. The SMILES string of the molecule is Cc1nc2ccc(CNCCC#N)cc2[nH]1. The van der Waals surface area contributed by atoms with Crippen LogP contribution in [0.2, 0.25) is 0 Å². The fourth-order valence-corrected chi connectivity index (χ4v) is 1.67. The van der Waals surface area contributed by atoms with Crippen LogP contribution in [0.25, 0.3) is 11.0 Å². The van der Waals surface area contributed by atoms with Gasteiger partial charge in [-0.25, -0.2) is 4.98 Å². The third-order valence-corrected chi connectivity index (χ3v) is 2.41. The molecule has 1 aromatic carbocycles. The maximum absolute atomic E-state index is 8.40. The van der Waals surface area contributed by atoms with Crippen molar-refractivity contribution in [3.05, 3.63) is 29.6 Å². The molecule has 2 N–H and O–H groups in total. The Balaban J connectivity index is 2.05. The first kappa shape index (κ1) is 10.7. The van der Waals surface area contributed by atoms with Crippen molar-refractivity contribution in [3.8, 4) is 6.07 Å². The molecule has 0 radical (unpaired) electrons.